The van der Waals surface area contributed by atoms with Crippen molar-refractivity contribution in [2.45, 2.75) is 38.0 Å². The fourth-order valence-electron chi connectivity index (χ4n) is 2.39. The van der Waals surface area contributed by atoms with Crippen LogP contribution in [0.15, 0.2) is 24.3 Å². The van der Waals surface area contributed by atoms with E-state index in [0.717, 1.165) is 24.8 Å². The lowest BCUT2D eigenvalue weighted by Crippen LogP contribution is -2.33. The van der Waals surface area contributed by atoms with E-state index in [1.54, 1.807) is 7.11 Å². The van der Waals surface area contributed by atoms with Gasteiger partial charge < -0.3 is 15.8 Å². The lowest BCUT2D eigenvalue weighted by Gasteiger charge is -2.13. The van der Waals surface area contributed by atoms with Crippen LogP contribution in [0.5, 0.6) is 0 Å². The molecule has 0 saturated heterocycles. The van der Waals surface area contributed by atoms with Crippen LogP contribution in [0.2, 0.25) is 0 Å². The molecule has 0 radical (unpaired) electrons. The van der Waals surface area contributed by atoms with Gasteiger partial charge in [-0.1, -0.05) is 12.1 Å². The summed E-state index contributed by atoms with van der Waals surface area (Å²) in [7, 11) is 1.72. The normalized spacial score (nSPS) is 23.0. The third kappa shape index (κ3) is 3.09. The Hall–Kier alpha value is -1.39. The summed E-state index contributed by atoms with van der Waals surface area (Å²) in [6.07, 6.45) is 3.19. The molecule has 1 saturated carbocycles. The second-order valence-corrected chi connectivity index (χ2v) is 4.75. The maximum Gasteiger partial charge on any atom is 0.251 e. The van der Waals surface area contributed by atoms with Gasteiger partial charge in [0.25, 0.3) is 5.91 Å². The second kappa shape index (κ2) is 5.98. The highest BCUT2D eigenvalue weighted by molar-refractivity contribution is 5.94. The Balaban J connectivity index is 1.95. The summed E-state index contributed by atoms with van der Waals surface area (Å²) >= 11 is 0. The predicted octanol–water partition coefficient (Wildman–Crippen LogP) is 1.44. The molecule has 1 aliphatic carbocycles. The molecule has 18 heavy (non-hydrogen) atoms. The molecule has 0 aliphatic heterocycles. The van der Waals surface area contributed by atoms with Gasteiger partial charge in [-0.25, -0.2) is 0 Å². The third-order valence-electron chi connectivity index (χ3n) is 3.48. The van der Waals surface area contributed by atoms with Gasteiger partial charge in [0.2, 0.25) is 0 Å². The molecule has 2 atom stereocenters. The van der Waals surface area contributed by atoms with Crippen molar-refractivity contribution in [2.75, 3.05) is 7.11 Å². The van der Waals surface area contributed by atoms with E-state index in [9.17, 15) is 4.79 Å². The zero-order chi connectivity index (χ0) is 13.0. The van der Waals surface area contributed by atoms with Crippen LogP contribution < -0.4 is 11.1 Å². The van der Waals surface area contributed by atoms with Crippen LogP contribution in [0.1, 0.15) is 35.2 Å². The molecule has 0 heterocycles. The van der Waals surface area contributed by atoms with Crippen molar-refractivity contribution in [1.82, 2.24) is 5.32 Å². The topological polar surface area (TPSA) is 64.3 Å². The number of ether oxygens (including phenoxy) is 1. The SMILES string of the molecule is COC1CCC(NC(=O)c2cccc(CN)c2)C1. The third-order valence-corrected chi connectivity index (χ3v) is 3.48. The maximum atomic E-state index is 12.1. The molecule has 4 heteroatoms. The van der Waals surface area contributed by atoms with Crippen LogP contribution in [0, 0.1) is 0 Å². The van der Waals surface area contributed by atoms with Gasteiger partial charge in [0.1, 0.15) is 0 Å². The molecule has 1 fully saturated rings. The zero-order valence-electron chi connectivity index (χ0n) is 10.7. The van der Waals surface area contributed by atoms with Crippen LogP contribution in [-0.2, 0) is 11.3 Å². The summed E-state index contributed by atoms with van der Waals surface area (Å²) in [4.78, 5) is 12.1. The van der Waals surface area contributed by atoms with Crippen molar-refractivity contribution in [2.24, 2.45) is 5.73 Å². The number of methoxy groups -OCH3 is 1. The highest BCUT2D eigenvalue weighted by atomic mass is 16.5. The van der Waals surface area contributed by atoms with E-state index < -0.39 is 0 Å². The van der Waals surface area contributed by atoms with Gasteiger partial charge in [-0.2, -0.15) is 0 Å². The predicted molar refractivity (Wildman–Crippen MR) is 70.2 cm³/mol. The number of hydrogen-bond acceptors (Lipinski definition) is 3. The Morgan fingerprint density at radius 1 is 1.50 bits per heavy atom. The lowest BCUT2D eigenvalue weighted by molar-refractivity contribution is 0.0915. The fraction of sp³-hybridized carbons (Fsp3) is 0.500. The number of nitrogens with one attached hydrogen (secondary N) is 1. The molecule has 98 valence electrons. The summed E-state index contributed by atoms with van der Waals surface area (Å²) in [5.74, 6) is -0.0212. The number of nitrogens with two attached hydrogens (primary N) is 1. The minimum atomic E-state index is -0.0212. The van der Waals surface area contributed by atoms with Gasteiger partial charge in [-0.3, -0.25) is 4.79 Å². The number of hydrogen-bond donors (Lipinski definition) is 2. The molecule has 0 bridgehead atoms. The average Bonchev–Trinajstić information content (AvgIpc) is 2.86. The molecule has 4 nitrogen and oxygen atoms in total. The largest absolute Gasteiger partial charge is 0.381 e. The zero-order valence-corrected chi connectivity index (χ0v) is 10.7. The number of carbonyl (C=O) groups excluding carboxylic acids is 1. The van der Waals surface area contributed by atoms with E-state index >= 15 is 0 Å². The summed E-state index contributed by atoms with van der Waals surface area (Å²) in [6, 6.07) is 7.68. The molecule has 1 aromatic carbocycles. The van der Waals surface area contributed by atoms with Gasteiger partial charge in [-0.05, 0) is 37.0 Å². The minimum absolute atomic E-state index is 0.0212. The van der Waals surface area contributed by atoms with Crippen LogP contribution in [0.4, 0.5) is 0 Å². The summed E-state index contributed by atoms with van der Waals surface area (Å²) < 4.78 is 5.30. The standard InChI is InChI=1S/C14H20N2O2/c1-18-13-6-5-12(8-13)16-14(17)11-4-2-3-10(7-11)9-15/h2-4,7,12-13H,5-6,8-9,15H2,1H3,(H,16,17). The van der Waals surface area contributed by atoms with Crippen molar-refractivity contribution in [3.05, 3.63) is 35.4 Å². The van der Waals surface area contributed by atoms with Gasteiger partial charge in [0.05, 0.1) is 6.10 Å². The molecule has 0 spiro atoms. The van der Waals surface area contributed by atoms with Gasteiger partial charge in [0.15, 0.2) is 0 Å². The highest BCUT2D eigenvalue weighted by Gasteiger charge is 2.25. The Labute approximate surface area is 108 Å². The molecular formula is C14H20N2O2. The van der Waals surface area contributed by atoms with E-state index in [1.165, 1.54) is 0 Å². The fourth-order valence-corrected chi connectivity index (χ4v) is 2.39. The monoisotopic (exact) mass is 248 g/mol. The molecule has 1 aliphatic rings. The Bertz CT molecular complexity index is 420. The van der Waals surface area contributed by atoms with Crippen LogP contribution >= 0.6 is 0 Å². The van der Waals surface area contributed by atoms with Gasteiger partial charge in [-0.15, -0.1) is 0 Å². The molecule has 2 rings (SSSR count). The molecule has 1 amide bonds. The average molecular weight is 248 g/mol. The smallest absolute Gasteiger partial charge is 0.251 e. The first-order chi connectivity index (χ1) is 8.72. The number of benzene rings is 1. The Morgan fingerprint density at radius 2 is 2.33 bits per heavy atom. The van der Waals surface area contributed by atoms with E-state index in [4.69, 9.17) is 10.5 Å². The van der Waals surface area contributed by atoms with E-state index in [-0.39, 0.29) is 18.1 Å². The molecule has 2 unspecified atom stereocenters. The first-order valence-corrected chi connectivity index (χ1v) is 6.35. The Morgan fingerprint density at radius 3 is 3.00 bits per heavy atom. The summed E-state index contributed by atoms with van der Waals surface area (Å²) in [5.41, 5.74) is 7.23. The number of rotatable bonds is 4. The summed E-state index contributed by atoms with van der Waals surface area (Å²) in [6.45, 7) is 0.455. The first-order valence-electron chi connectivity index (χ1n) is 6.35. The summed E-state index contributed by atoms with van der Waals surface area (Å²) in [5, 5.41) is 3.05. The van der Waals surface area contributed by atoms with Crippen LogP contribution in [-0.4, -0.2) is 25.2 Å². The maximum absolute atomic E-state index is 12.1. The van der Waals surface area contributed by atoms with Crippen molar-refractivity contribution < 1.29 is 9.53 Å². The van der Waals surface area contributed by atoms with Crippen molar-refractivity contribution >= 4 is 5.91 Å². The van der Waals surface area contributed by atoms with Crippen LogP contribution in [0.25, 0.3) is 0 Å². The minimum Gasteiger partial charge on any atom is -0.381 e. The van der Waals surface area contributed by atoms with Gasteiger partial charge in [0, 0.05) is 25.3 Å². The van der Waals surface area contributed by atoms with E-state index in [1.807, 2.05) is 24.3 Å². The van der Waals surface area contributed by atoms with Crippen molar-refractivity contribution in [1.29, 1.82) is 0 Å². The first kappa shape index (κ1) is 13.1. The van der Waals surface area contributed by atoms with E-state index in [2.05, 4.69) is 5.32 Å². The quantitative estimate of drug-likeness (QED) is 0.847. The molecular weight excluding hydrogens is 228 g/mol. The van der Waals surface area contributed by atoms with Crippen molar-refractivity contribution in [3.8, 4) is 0 Å². The lowest BCUT2D eigenvalue weighted by atomic mass is 10.1. The van der Waals surface area contributed by atoms with E-state index in [0.29, 0.717) is 12.1 Å². The second-order valence-electron chi connectivity index (χ2n) is 4.75. The van der Waals surface area contributed by atoms with Crippen LogP contribution in [0.3, 0.4) is 0 Å². The number of amides is 1. The molecule has 0 aromatic heterocycles. The molecule has 3 N–H and O–H groups in total. The molecule has 1 aromatic rings. The Kier molecular flexibility index (Phi) is 4.33. The highest BCUT2D eigenvalue weighted by Crippen LogP contribution is 2.21. The van der Waals surface area contributed by atoms with Gasteiger partial charge >= 0.3 is 0 Å². The number of carbonyl (C=O) groups is 1. The van der Waals surface area contributed by atoms with Crippen molar-refractivity contribution in [3.63, 3.8) is 0 Å².